The maximum absolute atomic E-state index is 11.1. The Morgan fingerprint density at radius 3 is 2.00 bits per heavy atom. The van der Waals surface area contributed by atoms with Gasteiger partial charge >= 0.3 is 5.97 Å². The Morgan fingerprint density at radius 1 is 1.00 bits per heavy atom. The lowest BCUT2D eigenvalue weighted by Gasteiger charge is -2.21. The fourth-order valence-corrected chi connectivity index (χ4v) is 1.09. The lowest BCUT2D eigenvalue weighted by atomic mass is 10.3. The summed E-state index contributed by atoms with van der Waals surface area (Å²) in [5.74, 6) is -0.864. The van der Waals surface area contributed by atoms with E-state index in [1.54, 1.807) is 20.8 Å². The highest BCUT2D eigenvalue weighted by molar-refractivity contribution is 5.94. The first kappa shape index (κ1) is 16.0. The average Bonchev–Trinajstić information content (AvgIpc) is 2.14. The SMILES string of the molecule is COC(C)OC(C)OC(C)OC(=O)CC(C)=O. The second-order valence-corrected chi connectivity index (χ2v) is 3.58. The van der Waals surface area contributed by atoms with E-state index in [1.807, 2.05) is 0 Å². The van der Waals surface area contributed by atoms with E-state index >= 15 is 0 Å². The fraction of sp³-hybridized carbons (Fsp3) is 0.818. The van der Waals surface area contributed by atoms with Gasteiger partial charge in [0.15, 0.2) is 12.6 Å². The van der Waals surface area contributed by atoms with Crippen molar-refractivity contribution in [1.29, 1.82) is 0 Å². The van der Waals surface area contributed by atoms with Gasteiger partial charge in [-0.1, -0.05) is 0 Å². The van der Waals surface area contributed by atoms with Crippen LogP contribution in [-0.4, -0.2) is 37.7 Å². The van der Waals surface area contributed by atoms with Crippen molar-refractivity contribution < 1.29 is 28.5 Å². The second kappa shape index (κ2) is 8.16. The van der Waals surface area contributed by atoms with Crippen LogP contribution in [0.5, 0.6) is 0 Å². The van der Waals surface area contributed by atoms with E-state index in [9.17, 15) is 9.59 Å². The largest absolute Gasteiger partial charge is 0.436 e. The molecule has 0 heterocycles. The molecule has 17 heavy (non-hydrogen) atoms. The molecule has 0 rings (SSSR count). The first-order chi connectivity index (χ1) is 7.85. The maximum Gasteiger partial charge on any atom is 0.315 e. The van der Waals surface area contributed by atoms with Gasteiger partial charge in [0, 0.05) is 7.11 Å². The molecule has 100 valence electrons. The summed E-state index contributed by atoms with van der Waals surface area (Å²) in [6.07, 6.45) is -2.02. The number of carbonyl (C=O) groups is 2. The molecule has 0 amide bonds. The highest BCUT2D eigenvalue weighted by Crippen LogP contribution is 2.06. The molecule has 0 aliphatic heterocycles. The van der Waals surface area contributed by atoms with Gasteiger partial charge in [0.1, 0.15) is 12.2 Å². The lowest BCUT2D eigenvalue weighted by Crippen LogP contribution is -2.28. The number of hydrogen-bond donors (Lipinski definition) is 0. The summed E-state index contributed by atoms with van der Waals surface area (Å²) >= 11 is 0. The number of carbonyl (C=O) groups excluding carboxylic acids is 2. The van der Waals surface area contributed by atoms with Crippen LogP contribution >= 0.6 is 0 Å². The van der Waals surface area contributed by atoms with Gasteiger partial charge in [0.2, 0.25) is 6.29 Å². The molecule has 0 radical (unpaired) electrons. The summed E-state index contributed by atoms with van der Waals surface area (Å²) in [6.45, 7) is 6.24. The zero-order valence-corrected chi connectivity index (χ0v) is 10.9. The molecule has 3 atom stereocenters. The van der Waals surface area contributed by atoms with E-state index in [0.717, 1.165) is 0 Å². The van der Waals surface area contributed by atoms with E-state index in [2.05, 4.69) is 0 Å². The van der Waals surface area contributed by atoms with Gasteiger partial charge in [-0.3, -0.25) is 9.59 Å². The predicted octanol–water partition coefficient (Wildman–Crippen LogP) is 1.23. The minimum absolute atomic E-state index is 0.250. The quantitative estimate of drug-likeness (QED) is 0.365. The van der Waals surface area contributed by atoms with Crippen molar-refractivity contribution in [3.63, 3.8) is 0 Å². The van der Waals surface area contributed by atoms with E-state index in [4.69, 9.17) is 18.9 Å². The number of hydrogen-bond acceptors (Lipinski definition) is 6. The Hall–Kier alpha value is -0.980. The third-order valence-corrected chi connectivity index (χ3v) is 1.79. The molecule has 0 aliphatic carbocycles. The van der Waals surface area contributed by atoms with Gasteiger partial charge in [0.25, 0.3) is 0 Å². The molecule has 0 N–H and O–H groups in total. The zero-order valence-electron chi connectivity index (χ0n) is 10.9. The topological polar surface area (TPSA) is 71.1 Å². The van der Waals surface area contributed by atoms with Crippen LogP contribution in [0.15, 0.2) is 0 Å². The molecule has 6 heteroatoms. The van der Waals surface area contributed by atoms with Crippen molar-refractivity contribution in [3.8, 4) is 0 Å². The molecule has 0 bridgehead atoms. The zero-order chi connectivity index (χ0) is 13.4. The Kier molecular flexibility index (Phi) is 7.69. The molecule has 0 saturated heterocycles. The molecule has 0 fully saturated rings. The molecule has 0 aromatic rings. The molecule has 0 saturated carbocycles. The Morgan fingerprint density at radius 2 is 1.53 bits per heavy atom. The molecule has 0 aromatic heterocycles. The standard InChI is InChI=1S/C11H20O6/c1-7(12)6-11(13)17-10(4)16-9(3)15-8(2)14-5/h8-10H,6H2,1-5H3. The van der Waals surface area contributed by atoms with Crippen molar-refractivity contribution in [2.24, 2.45) is 0 Å². The van der Waals surface area contributed by atoms with Crippen LogP contribution in [-0.2, 0) is 28.5 Å². The summed E-state index contributed by atoms with van der Waals surface area (Å²) < 4.78 is 20.2. The number of esters is 1. The monoisotopic (exact) mass is 248 g/mol. The first-order valence-electron chi connectivity index (χ1n) is 5.37. The van der Waals surface area contributed by atoms with Gasteiger partial charge in [-0.25, -0.2) is 0 Å². The second-order valence-electron chi connectivity index (χ2n) is 3.58. The van der Waals surface area contributed by atoms with Gasteiger partial charge in [-0.05, 0) is 27.7 Å². The maximum atomic E-state index is 11.1. The van der Waals surface area contributed by atoms with Gasteiger partial charge < -0.3 is 18.9 Å². The summed E-state index contributed by atoms with van der Waals surface area (Å²) in [5, 5.41) is 0. The van der Waals surface area contributed by atoms with Gasteiger partial charge in [-0.2, -0.15) is 0 Å². The smallest absolute Gasteiger partial charge is 0.315 e. The summed E-state index contributed by atoms with van der Waals surface area (Å²) in [7, 11) is 1.51. The number of rotatable bonds is 8. The molecular formula is C11H20O6. The number of Topliss-reactive ketones (excluding diaryl/α,β-unsaturated/α-hetero) is 1. The van der Waals surface area contributed by atoms with E-state index in [-0.39, 0.29) is 12.2 Å². The predicted molar refractivity (Wildman–Crippen MR) is 59.0 cm³/mol. The summed E-state index contributed by atoms with van der Waals surface area (Å²) in [4.78, 5) is 21.8. The van der Waals surface area contributed by atoms with Crippen LogP contribution in [0.25, 0.3) is 0 Å². The molecule has 3 unspecified atom stereocenters. The Bertz CT molecular complexity index is 252. The normalized spacial score (nSPS) is 16.1. The van der Waals surface area contributed by atoms with E-state index < -0.39 is 24.8 Å². The number of ether oxygens (including phenoxy) is 4. The minimum Gasteiger partial charge on any atom is -0.436 e. The highest BCUT2D eigenvalue weighted by Gasteiger charge is 2.16. The van der Waals surface area contributed by atoms with Crippen molar-refractivity contribution >= 4 is 11.8 Å². The van der Waals surface area contributed by atoms with E-state index in [1.165, 1.54) is 14.0 Å². The molecular weight excluding hydrogens is 228 g/mol. The van der Waals surface area contributed by atoms with Crippen LogP contribution < -0.4 is 0 Å². The third-order valence-electron chi connectivity index (χ3n) is 1.79. The van der Waals surface area contributed by atoms with Crippen LogP contribution in [0.1, 0.15) is 34.1 Å². The number of ketones is 1. The third kappa shape index (κ3) is 8.79. The minimum atomic E-state index is -0.777. The van der Waals surface area contributed by atoms with Crippen LogP contribution in [0, 0.1) is 0 Å². The molecule has 6 nitrogen and oxygen atoms in total. The van der Waals surface area contributed by atoms with Crippen LogP contribution in [0.2, 0.25) is 0 Å². The summed E-state index contributed by atoms with van der Waals surface area (Å²) in [6, 6.07) is 0. The Labute approximate surface area is 101 Å². The average molecular weight is 248 g/mol. The van der Waals surface area contributed by atoms with Crippen molar-refractivity contribution in [3.05, 3.63) is 0 Å². The molecule has 0 aromatic carbocycles. The van der Waals surface area contributed by atoms with Crippen molar-refractivity contribution in [1.82, 2.24) is 0 Å². The Balaban J connectivity index is 3.88. The molecule has 0 aliphatic rings. The van der Waals surface area contributed by atoms with Gasteiger partial charge in [0.05, 0.1) is 0 Å². The van der Waals surface area contributed by atoms with Crippen LogP contribution in [0.3, 0.4) is 0 Å². The molecule has 0 spiro atoms. The van der Waals surface area contributed by atoms with Gasteiger partial charge in [-0.15, -0.1) is 0 Å². The van der Waals surface area contributed by atoms with Crippen molar-refractivity contribution in [2.75, 3.05) is 7.11 Å². The van der Waals surface area contributed by atoms with Crippen LogP contribution in [0.4, 0.5) is 0 Å². The summed E-state index contributed by atoms with van der Waals surface area (Å²) in [5.41, 5.74) is 0. The van der Waals surface area contributed by atoms with Crippen molar-refractivity contribution in [2.45, 2.75) is 53.0 Å². The number of methoxy groups -OCH3 is 1. The first-order valence-corrected chi connectivity index (χ1v) is 5.37. The highest BCUT2D eigenvalue weighted by atomic mass is 16.8. The fourth-order valence-electron chi connectivity index (χ4n) is 1.09. The lowest BCUT2D eigenvalue weighted by molar-refractivity contribution is -0.270. The van der Waals surface area contributed by atoms with E-state index in [0.29, 0.717) is 0 Å².